The SMILES string of the molecule is CC(C)CN1CCC(CN)(N(C)C2CCS(=O)(=O)C2)CC1. The van der Waals surface area contributed by atoms with E-state index in [0.29, 0.717) is 24.0 Å². The molecule has 0 radical (unpaired) electrons. The average Bonchev–Trinajstić information content (AvgIpc) is 2.79. The molecule has 2 heterocycles. The maximum absolute atomic E-state index is 11.7. The lowest BCUT2D eigenvalue weighted by molar-refractivity contribution is 0.0200. The third-order valence-electron chi connectivity index (χ3n) is 5.29. The summed E-state index contributed by atoms with van der Waals surface area (Å²) >= 11 is 0. The van der Waals surface area contributed by atoms with Gasteiger partial charge in [-0.05, 0) is 45.3 Å². The molecule has 1 unspecified atom stereocenters. The first-order valence-electron chi connectivity index (χ1n) is 8.14. The topological polar surface area (TPSA) is 66.6 Å². The maximum atomic E-state index is 11.7. The molecule has 2 saturated heterocycles. The standard InChI is InChI=1S/C15H31N3O2S/c1-13(2)10-18-7-5-15(12-16,6-8-18)17(3)14-4-9-21(19,20)11-14/h13-14H,4-12,16H2,1-3H3. The molecule has 2 aliphatic heterocycles. The molecule has 0 spiro atoms. The molecule has 2 rings (SSSR count). The third-order valence-corrected chi connectivity index (χ3v) is 7.04. The molecule has 0 saturated carbocycles. The number of likely N-dealkylation sites (N-methyl/N-ethyl adjacent to an activating group) is 1. The van der Waals surface area contributed by atoms with Crippen LogP contribution in [0.5, 0.6) is 0 Å². The highest BCUT2D eigenvalue weighted by Crippen LogP contribution is 2.32. The molecule has 5 nitrogen and oxygen atoms in total. The zero-order valence-corrected chi connectivity index (χ0v) is 14.5. The second kappa shape index (κ2) is 6.52. The Bertz CT molecular complexity index is 442. The Morgan fingerprint density at radius 2 is 1.95 bits per heavy atom. The van der Waals surface area contributed by atoms with E-state index < -0.39 is 9.84 Å². The van der Waals surface area contributed by atoms with E-state index in [1.165, 1.54) is 0 Å². The maximum Gasteiger partial charge on any atom is 0.151 e. The largest absolute Gasteiger partial charge is 0.329 e. The van der Waals surface area contributed by atoms with E-state index in [-0.39, 0.29) is 11.6 Å². The summed E-state index contributed by atoms with van der Waals surface area (Å²) in [5.41, 5.74) is 6.10. The van der Waals surface area contributed by atoms with Crippen LogP contribution in [-0.4, -0.2) is 74.5 Å². The van der Waals surface area contributed by atoms with E-state index in [0.717, 1.165) is 38.9 Å². The van der Waals surface area contributed by atoms with Crippen LogP contribution < -0.4 is 5.73 Å². The summed E-state index contributed by atoms with van der Waals surface area (Å²) in [5, 5.41) is 0. The van der Waals surface area contributed by atoms with Crippen molar-refractivity contribution in [3.8, 4) is 0 Å². The minimum absolute atomic E-state index is 0.0159. The summed E-state index contributed by atoms with van der Waals surface area (Å²) in [7, 11) is -0.754. The molecule has 0 bridgehead atoms. The number of nitrogens with zero attached hydrogens (tertiary/aromatic N) is 2. The Kier molecular flexibility index (Phi) is 5.34. The first-order valence-corrected chi connectivity index (χ1v) is 9.96. The van der Waals surface area contributed by atoms with Crippen molar-refractivity contribution in [2.24, 2.45) is 11.7 Å². The van der Waals surface area contributed by atoms with Gasteiger partial charge in [-0.25, -0.2) is 8.42 Å². The average molecular weight is 317 g/mol. The molecule has 0 aliphatic carbocycles. The zero-order valence-electron chi connectivity index (χ0n) is 13.7. The molecule has 0 aromatic rings. The molecule has 124 valence electrons. The van der Waals surface area contributed by atoms with Gasteiger partial charge in [0.15, 0.2) is 9.84 Å². The molecule has 2 fully saturated rings. The van der Waals surface area contributed by atoms with Gasteiger partial charge in [0.25, 0.3) is 0 Å². The van der Waals surface area contributed by atoms with Gasteiger partial charge >= 0.3 is 0 Å². The lowest BCUT2D eigenvalue weighted by atomic mass is 9.84. The van der Waals surface area contributed by atoms with Gasteiger partial charge in [0, 0.05) is 24.7 Å². The fraction of sp³-hybridized carbons (Fsp3) is 1.00. The fourth-order valence-corrected chi connectivity index (χ4v) is 5.61. The number of likely N-dealkylation sites (tertiary alicyclic amines) is 1. The van der Waals surface area contributed by atoms with Crippen molar-refractivity contribution in [3.05, 3.63) is 0 Å². The minimum atomic E-state index is -2.83. The smallest absolute Gasteiger partial charge is 0.151 e. The highest BCUT2D eigenvalue weighted by Gasteiger charge is 2.42. The quantitative estimate of drug-likeness (QED) is 0.802. The molecule has 0 aromatic heterocycles. The van der Waals surface area contributed by atoms with E-state index in [2.05, 4.69) is 30.7 Å². The summed E-state index contributed by atoms with van der Waals surface area (Å²) in [6, 6.07) is 0.148. The number of hydrogen-bond acceptors (Lipinski definition) is 5. The van der Waals surface area contributed by atoms with Crippen LogP contribution in [0.2, 0.25) is 0 Å². The van der Waals surface area contributed by atoms with Crippen LogP contribution >= 0.6 is 0 Å². The first kappa shape index (κ1) is 17.2. The zero-order chi connectivity index (χ0) is 15.7. The molecular weight excluding hydrogens is 286 g/mol. The molecular formula is C15H31N3O2S. The fourth-order valence-electron chi connectivity index (χ4n) is 3.84. The highest BCUT2D eigenvalue weighted by atomic mass is 32.2. The van der Waals surface area contributed by atoms with Crippen molar-refractivity contribution in [2.45, 2.75) is 44.7 Å². The molecule has 21 heavy (non-hydrogen) atoms. The van der Waals surface area contributed by atoms with Gasteiger partial charge in [-0.15, -0.1) is 0 Å². The summed E-state index contributed by atoms with van der Waals surface area (Å²) < 4.78 is 23.5. The van der Waals surface area contributed by atoms with Gasteiger partial charge in [-0.3, -0.25) is 4.90 Å². The second-order valence-electron chi connectivity index (χ2n) is 7.29. The number of hydrogen-bond donors (Lipinski definition) is 1. The van der Waals surface area contributed by atoms with Crippen molar-refractivity contribution < 1.29 is 8.42 Å². The monoisotopic (exact) mass is 317 g/mol. The lowest BCUT2D eigenvalue weighted by Crippen LogP contribution is -2.61. The minimum Gasteiger partial charge on any atom is -0.329 e. The first-order chi connectivity index (χ1) is 9.78. The van der Waals surface area contributed by atoms with E-state index >= 15 is 0 Å². The molecule has 1 atom stereocenters. The summed E-state index contributed by atoms with van der Waals surface area (Å²) in [5.74, 6) is 1.33. The second-order valence-corrected chi connectivity index (χ2v) is 9.52. The Morgan fingerprint density at radius 3 is 2.38 bits per heavy atom. The van der Waals surface area contributed by atoms with Crippen molar-refractivity contribution in [3.63, 3.8) is 0 Å². The van der Waals surface area contributed by atoms with Gasteiger partial charge in [-0.2, -0.15) is 0 Å². The van der Waals surface area contributed by atoms with Crippen molar-refractivity contribution in [1.29, 1.82) is 0 Å². The van der Waals surface area contributed by atoms with Crippen LogP contribution in [0.4, 0.5) is 0 Å². The van der Waals surface area contributed by atoms with Gasteiger partial charge in [0.05, 0.1) is 11.5 Å². The van der Waals surface area contributed by atoms with Crippen molar-refractivity contribution >= 4 is 9.84 Å². The Labute approximate surface area is 129 Å². The van der Waals surface area contributed by atoms with Crippen molar-refractivity contribution in [1.82, 2.24) is 9.80 Å². The number of rotatable bonds is 5. The molecule has 0 amide bonds. The highest BCUT2D eigenvalue weighted by molar-refractivity contribution is 7.91. The van der Waals surface area contributed by atoms with Gasteiger partial charge in [0.1, 0.15) is 0 Å². The van der Waals surface area contributed by atoms with Crippen LogP contribution in [0.15, 0.2) is 0 Å². The van der Waals surface area contributed by atoms with Crippen LogP contribution in [-0.2, 0) is 9.84 Å². The molecule has 2 N–H and O–H groups in total. The van der Waals surface area contributed by atoms with Crippen LogP contribution in [0.3, 0.4) is 0 Å². The Hall–Kier alpha value is -0.170. The van der Waals surface area contributed by atoms with Crippen molar-refractivity contribution in [2.75, 3.05) is 44.7 Å². The molecule has 2 aliphatic rings. The van der Waals surface area contributed by atoms with E-state index in [4.69, 9.17) is 5.73 Å². The Balaban J connectivity index is 1.99. The Morgan fingerprint density at radius 1 is 1.33 bits per heavy atom. The summed E-state index contributed by atoms with van der Waals surface area (Å²) in [6.07, 6.45) is 2.85. The molecule has 0 aromatic carbocycles. The van der Waals surface area contributed by atoms with Crippen LogP contribution in [0.25, 0.3) is 0 Å². The predicted molar refractivity (Wildman–Crippen MR) is 87.1 cm³/mol. The van der Waals surface area contributed by atoms with E-state index in [1.807, 2.05) is 0 Å². The van der Waals surface area contributed by atoms with E-state index in [9.17, 15) is 8.42 Å². The van der Waals surface area contributed by atoms with E-state index in [1.54, 1.807) is 0 Å². The summed E-state index contributed by atoms with van der Waals surface area (Å²) in [6.45, 7) is 8.40. The molecule has 6 heteroatoms. The number of sulfone groups is 1. The van der Waals surface area contributed by atoms with Gasteiger partial charge in [-0.1, -0.05) is 13.8 Å². The summed E-state index contributed by atoms with van der Waals surface area (Å²) in [4.78, 5) is 4.81. The third kappa shape index (κ3) is 3.97. The van der Waals surface area contributed by atoms with Gasteiger partial charge < -0.3 is 10.6 Å². The number of piperidine rings is 1. The number of nitrogens with two attached hydrogens (primary N) is 1. The van der Waals surface area contributed by atoms with Gasteiger partial charge in [0.2, 0.25) is 0 Å². The normalized spacial score (nSPS) is 29.3. The van der Waals surface area contributed by atoms with Crippen LogP contribution in [0, 0.1) is 5.92 Å². The van der Waals surface area contributed by atoms with Crippen LogP contribution in [0.1, 0.15) is 33.1 Å². The predicted octanol–water partition coefficient (Wildman–Crippen LogP) is 0.555. The lowest BCUT2D eigenvalue weighted by Gasteiger charge is -2.49.